The van der Waals surface area contributed by atoms with E-state index in [9.17, 15) is 4.39 Å². The van der Waals surface area contributed by atoms with E-state index < -0.39 is 0 Å². The van der Waals surface area contributed by atoms with Crippen LogP contribution in [0, 0.1) is 17.1 Å². The van der Waals surface area contributed by atoms with E-state index in [1.54, 1.807) is 12.1 Å². The summed E-state index contributed by atoms with van der Waals surface area (Å²) in [5.74, 6) is -0.272. The van der Waals surface area contributed by atoms with Crippen LogP contribution < -0.4 is 0 Å². The lowest BCUT2D eigenvalue weighted by Crippen LogP contribution is -2.29. The molecule has 3 rings (SSSR count). The van der Waals surface area contributed by atoms with Gasteiger partial charge in [-0.05, 0) is 66.3 Å². The fraction of sp³-hybridized carbons (Fsp3) is 0.480. The van der Waals surface area contributed by atoms with E-state index in [0.29, 0.717) is 23.0 Å². The average Bonchev–Trinajstić information content (AvgIpc) is 2.72. The van der Waals surface area contributed by atoms with Crippen molar-refractivity contribution in [3.63, 3.8) is 0 Å². The lowest BCUT2D eigenvalue weighted by atomic mass is 9.66. The van der Waals surface area contributed by atoms with Crippen molar-refractivity contribution in [1.82, 2.24) is 0 Å². The van der Waals surface area contributed by atoms with Crippen LogP contribution in [0.2, 0.25) is 0 Å². The largest absolute Gasteiger partial charge is 0.207 e. The van der Waals surface area contributed by atoms with Crippen LogP contribution in [0.15, 0.2) is 42.5 Å². The van der Waals surface area contributed by atoms with Gasteiger partial charge < -0.3 is 0 Å². The first kappa shape index (κ1) is 19.6. The molecular formula is C25H30FN. The van der Waals surface area contributed by atoms with Gasteiger partial charge in [0.2, 0.25) is 0 Å². The number of hydrogen-bond donors (Lipinski definition) is 0. The fourth-order valence-corrected chi connectivity index (χ4v) is 4.55. The maximum Gasteiger partial charge on any atom is 0.127 e. The second kappa shape index (κ2) is 9.18. The van der Waals surface area contributed by atoms with Gasteiger partial charge in [0, 0.05) is 0 Å². The van der Waals surface area contributed by atoms with Gasteiger partial charge in [0.15, 0.2) is 0 Å². The van der Waals surface area contributed by atoms with Crippen molar-refractivity contribution >= 4 is 0 Å². The van der Waals surface area contributed by atoms with Crippen LogP contribution in [0.4, 0.5) is 4.39 Å². The molecular weight excluding hydrogens is 333 g/mol. The van der Waals surface area contributed by atoms with Crippen molar-refractivity contribution < 1.29 is 4.39 Å². The van der Waals surface area contributed by atoms with E-state index in [1.807, 2.05) is 6.07 Å². The quantitative estimate of drug-likeness (QED) is 0.526. The topological polar surface area (TPSA) is 23.8 Å². The minimum atomic E-state index is -0.272. The summed E-state index contributed by atoms with van der Waals surface area (Å²) < 4.78 is 14.1. The summed E-state index contributed by atoms with van der Waals surface area (Å²) >= 11 is 0. The summed E-state index contributed by atoms with van der Waals surface area (Å²) in [6, 6.07) is 15.9. The lowest BCUT2D eigenvalue weighted by molar-refractivity contribution is 0.267. The standard InChI is InChI=1S/C25H30FN/c1-2-3-15-25(16-5-4-6-17-25)23-13-9-20(10-14-23)7-11-22-12-8-21(19-27)18-24(22)26/h8-10,12-14,18H,2-7,11,15-17H2,1H3. The average molecular weight is 364 g/mol. The number of rotatable bonds is 7. The Morgan fingerprint density at radius 2 is 1.74 bits per heavy atom. The summed E-state index contributed by atoms with van der Waals surface area (Å²) in [4.78, 5) is 0. The molecule has 1 fully saturated rings. The highest BCUT2D eigenvalue weighted by atomic mass is 19.1. The highest BCUT2D eigenvalue weighted by molar-refractivity contribution is 5.34. The summed E-state index contributed by atoms with van der Waals surface area (Å²) in [5, 5.41) is 8.85. The van der Waals surface area contributed by atoms with Crippen molar-refractivity contribution in [3.8, 4) is 6.07 Å². The molecule has 0 N–H and O–H groups in total. The van der Waals surface area contributed by atoms with E-state index >= 15 is 0 Å². The molecule has 2 aromatic rings. The summed E-state index contributed by atoms with van der Waals surface area (Å²) in [6.07, 6.45) is 12.1. The molecule has 0 atom stereocenters. The van der Waals surface area contributed by atoms with Crippen LogP contribution in [0.25, 0.3) is 0 Å². The number of unbranched alkanes of at least 4 members (excludes halogenated alkanes) is 1. The third kappa shape index (κ3) is 4.78. The van der Waals surface area contributed by atoms with E-state index in [-0.39, 0.29) is 5.82 Å². The number of nitrogens with zero attached hydrogens (tertiary/aromatic N) is 1. The zero-order chi connectivity index (χ0) is 19.1. The molecule has 0 bridgehead atoms. The zero-order valence-electron chi connectivity index (χ0n) is 16.4. The Morgan fingerprint density at radius 3 is 2.37 bits per heavy atom. The Kier molecular flexibility index (Phi) is 6.67. The Morgan fingerprint density at radius 1 is 1.00 bits per heavy atom. The van der Waals surface area contributed by atoms with Gasteiger partial charge in [-0.15, -0.1) is 0 Å². The maximum atomic E-state index is 14.1. The van der Waals surface area contributed by atoms with Gasteiger partial charge in [0.25, 0.3) is 0 Å². The van der Waals surface area contributed by atoms with Gasteiger partial charge in [-0.25, -0.2) is 4.39 Å². The van der Waals surface area contributed by atoms with Gasteiger partial charge in [-0.2, -0.15) is 5.26 Å². The number of halogens is 1. The first-order valence-electron chi connectivity index (χ1n) is 10.4. The highest BCUT2D eigenvalue weighted by Gasteiger charge is 2.32. The first-order valence-corrected chi connectivity index (χ1v) is 10.4. The van der Waals surface area contributed by atoms with Crippen LogP contribution in [0.3, 0.4) is 0 Å². The molecule has 142 valence electrons. The van der Waals surface area contributed by atoms with Crippen LogP contribution in [0.5, 0.6) is 0 Å². The number of aryl methyl sites for hydroxylation is 2. The fourth-order valence-electron chi connectivity index (χ4n) is 4.55. The van der Waals surface area contributed by atoms with E-state index in [2.05, 4.69) is 31.2 Å². The number of nitriles is 1. The highest BCUT2D eigenvalue weighted by Crippen LogP contribution is 2.43. The van der Waals surface area contributed by atoms with E-state index in [0.717, 1.165) is 6.42 Å². The third-order valence-corrected chi connectivity index (χ3v) is 6.25. The summed E-state index contributed by atoms with van der Waals surface area (Å²) in [5.41, 5.74) is 4.20. The van der Waals surface area contributed by atoms with Crippen LogP contribution >= 0.6 is 0 Å². The molecule has 1 aliphatic carbocycles. The smallest absolute Gasteiger partial charge is 0.127 e. The predicted molar refractivity (Wildman–Crippen MR) is 109 cm³/mol. The zero-order valence-corrected chi connectivity index (χ0v) is 16.4. The van der Waals surface area contributed by atoms with Crippen molar-refractivity contribution in [2.24, 2.45) is 0 Å². The first-order chi connectivity index (χ1) is 13.2. The minimum Gasteiger partial charge on any atom is -0.207 e. The predicted octanol–water partition coefficient (Wildman–Crippen LogP) is 6.87. The minimum absolute atomic E-state index is 0.272. The van der Waals surface area contributed by atoms with Gasteiger partial charge in [0.05, 0.1) is 11.6 Å². The van der Waals surface area contributed by atoms with Gasteiger partial charge in [-0.3, -0.25) is 0 Å². The molecule has 2 aromatic carbocycles. The van der Waals surface area contributed by atoms with Crippen molar-refractivity contribution in [3.05, 3.63) is 70.5 Å². The molecule has 0 aliphatic heterocycles. The molecule has 27 heavy (non-hydrogen) atoms. The Balaban J connectivity index is 1.68. The number of benzene rings is 2. The summed E-state index contributed by atoms with van der Waals surface area (Å²) in [7, 11) is 0. The molecule has 0 spiro atoms. The molecule has 0 radical (unpaired) electrons. The van der Waals surface area contributed by atoms with Crippen LogP contribution in [-0.4, -0.2) is 0 Å². The molecule has 0 aromatic heterocycles. The summed E-state index contributed by atoms with van der Waals surface area (Å²) in [6.45, 7) is 2.28. The normalized spacial score (nSPS) is 16.0. The van der Waals surface area contributed by atoms with Gasteiger partial charge >= 0.3 is 0 Å². The second-order valence-electron chi connectivity index (χ2n) is 8.06. The molecule has 0 unspecified atom stereocenters. The third-order valence-electron chi connectivity index (χ3n) is 6.25. The van der Waals surface area contributed by atoms with Crippen molar-refractivity contribution in [1.29, 1.82) is 5.26 Å². The second-order valence-corrected chi connectivity index (χ2v) is 8.06. The SMILES string of the molecule is CCCCC1(c2ccc(CCc3ccc(C#N)cc3F)cc2)CCCCC1. The Labute approximate surface area is 163 Å². The van der Waals surface area contributed by atoms with Crippen LogP contribution in [-0.2, 0) is 18.3 Å². The van der Waals surface area contributed by atoms with Gasteiger partial charge in [0.1, 0.15) is 5.82 Å². The molecule has 1 aliphatic rings. The van der Waals surface area contributed by atoms with Crippen LogP contribution in [0.1, 0.15) is 80.5 Å². The number of hydrogen-bond acceptors (Lipinski definition) is 1. The van der Waals surface area contributed by atoms with Gasteiger partial charge in [-0.1, -0.05) is 69.4 Å². The van der Waals surface area contributed by atoms with E-state index in [4.69, 9.17) is 5.26 Å². The monoisotopic (exact) mass is 363 g/mol. The Hall–Kier alpha value is -2.14. The molecule has 0 amide bonds. The van der Waals surface area contributed by atoms with E-state index in [1.165, 1.54) is 68.6 Å². The molecule has 2 heteroatoms. The maximum absolute atomic E-state index is 14.1. The molecule has 0 heterocycles. The van der Waals surface area contributed by atoms with Crippen molar-refractivity contribution in [2.75, 3.05) is 0 Å². The molecule has 0 saturated heterocycles. The Bertz CT molecular complexity index is 779. The molecule has 1 nitrogen and oxygen atoms in total. The molecule has 1 saturated carbocycles. The van der Waals surface area contributed by atoms with Crippen molar-refractivity contribution in [2.45, 2.75) is 76.5 Å². The lowest BCUT2D eigenvalue weighted by Gasteiger charge is -2.38.